The van der Waals surface area contributed by atoms with Gasteiger partial charge in [0.1, 0.15) is 6.04 Å². The monoisotopic (exact) mass is 362 g/mol. The average molecular weight is 362 g/mol. The maximum atomic E-state index is 12.2. The number of nitrogens with zero attached hydrogens (tertiary/aromatic N) is 1. The molecule has 0 spiro atoms. The van der Waals surface area contributed by atoms with Gasteiger partial charge in [-0.15, -0.1) is 0 Å². The highest BCUT2D eigenvalue weighted by Gasteiger charge is 2.30. The summed E-state index contributed by atoms with van der Waals surface area (Å²) < 4.78 is 4.99. The van der Waals surface area contributed by atoms with Crippen LogP contribution in [0.4, 0.5) is 15.3 Å². The highest BCUT2D eigenvalue weighted by atomic mass is 16.5. The molecule has 2 rings (SSSR count). The van der Waals surface area contributed by atoms with Crippen LogP contribution in [0.15, 0.2) is 30.3 Å². The summed E-state index contributed by atoms with van der Waals surface area (Å²) in [6.45, 7) is 3.53. The van der Waals surface area contributed by atoms with Gasteiger partial charge in [0.05, 0.1) is 0 Å². The number of nitrogens with one attached hydrogen (secondary N) is 3. The predicted molar refractivity (Wildman–Crippen MR) is 93.3 cm³/mol. The lowest BCUT2D eigenvalue weighted by Crippen LogP contribution is -2.48. The summed E-state index contributed by atoms with van der Waals surface area (Å²) in [7, 11) is 0. The Labute approximate surface area is 151 Å². The molecule has 1 atom stereocenters. The molecule has 26 heavy (non-hydrogen) atoms. The fourth-order valence-electron chi connectivity index (χ4n) is 2.34. The molecule has 9 nitrogen and oxygen atoms in total. The van der Waals surface area contributed by atoms with E-state index in [9.17, 15) is 19.2 Å². The third-order valence-corrected chi connectivity index (χ3v) is 3.73. The number of benzene rings is 1. The molecule has 0 aliphatic carbocycles. The Kier molecular flexibility index (Phi) is 6.54. The number of hydrogen-bond acceptors (Lipinski definition) is 5. The van der Waals surface area contributed by atoms with E-state index >= 15 is 0 Å². The molecule has 1 aromatic rings. The van der Waals surface area contributed by atoms with Crippen molar-refractivity contribution in [1.82, 2.24) is 15.5 Å². The standard InChI is InChI=1S/C17H22N4O5/c1-11(2)14(20-16(24)19-12-6-4-3-5-7-12)15(23)26-10-13(22)21-9-8-18-17(21)25/h3-7,11,14H,8-10H2,1-2H3,(H,18,25)(H2,19,20,24)/t14-/m1/s1. The second kappa shape index (κ2) is 8.84. The summed E-state index contributed by atoms with van der Waals surface area (Å²) >= 11 is 0. The Balaban J connectivity index is 1.87. The number of esters is 1. The molecule has 0 bridgehead atoms. The van der Waals surface area contributed by atoms with Gasteiger partial charge in [-0.05, 0) is 18.1 Å². The molecule has 1 aliphatic heterocycles. The zero-order valence-electron chi connectivity index (χ0n) is 14.7. The van der Waals surface area contributed by atoms with Gasteiger partial charge in [-0.1, -0.05) is 32.0 Å². The number of ether oxygens (including phenoxy) is 1. The van der Waals surface area contributed by atoms with Gasteiger partial charge in [-0.25, -0.2) is 14.4 Å². The van der Waals surface area contributed by atoms with Crippen LogP contribution in [0, 0.1) is 5.92 Å². The third-order valence-electron chi connectivity index (χ3n) is 3.73. The van der Waals surface area contributed by atoms with E-state index in [2.05, 4.69) is 16.0 Å². The Bertz CT molecular complexity index is 677. The van der Waals surface area contributed by atoms with E-state index in [-0.39, 0.29) is 12.5 Å². The Morgan fingerprint density at radius 3 is 2.50 bits per heavy atom. The van der Waals surface area contributed by atoms with Crippen molar-refractivity contribution in [1.29, 1.82) is 0 Å². The van der Waals surface area contributed by atoms with Crippen LogP contribution in [0.1, 0.15) is 13.8 Å². The van der Waals surface area contributed by atoms with Gasteiger partial charge >= 0.3 is 18.0 Å². The van der Waals surface area contributed by atoms with Gasteiger partial charge < -0.3 is 20.7 Å². The molecule has 5 amide bonds. The van der Waals surface area contributed by atoms with Crippen LogP contribution in [0.5, 0.6) is 0 Å². The molecule has 1 heterocycles. The zero-order chi connectivity index (χ0) is 19.1. The lowest BCUT2D eigenvalue weighted by Gasteiger charge is -2.21. The van der Waals surface area contributed by atoms with Crippen molar-refractivity contribution in [2.75, 3.05) is 25.0 Å². The fraction of sp³-hybridized carbons (Fsp3) is 0.412. The minimum atomic E-state index is -0.932. The summed E-state index contributed by atoms with van der Waals surface area (Å²) in [5, 5.41) is 7.64. The molecule has 1 aromatic carbocycles. The fourth-order valence-corrected chi connectivity index (χ4v) is 2.34. The van der Waals surface area contributed by atoms with Crippen molar-refractivity contribution in [3.63, 3.8) is 0 Å². The minimum absolute atomic E-state index is 0.237. The number of hydrogen-bond donors (Lipinski definition) is 3. The van der Waals surface area contributed by atoms with Crippen molar-refractivity contribution in [3.8, 4) is 0 Å². The number of carbonyl (C=O) groups is 4. The Hall–Kier alpha value is -3.10. The molecule has 140 valence electrons. The highest BCUT2D eigenvalue weighted by Crippen LogP contribution is 2.08. The van der Waals surface area contributed by atoms with Crippen molar-refractivity contribution in [2.24, 2.45) is 5.92 Å². The first-order chi connectivity index (χ1) is 12.4. The van der Waals surface area contributed by atoms with Crippen LogP contribution in [-0.4, -0.2) is 54.6 Å². The van der Waals surface area contributed by atoms with Crippen molar-refractivity contribution >= 4 is 29.6 Å². The first-order valence-corrected chi connectivity index (χ1v) is 8.26. The molecule has 1 aliphatic rings. The Morgan fingerprint density at radius 1 is 1.23 bits per heavy atom. The molecule has 0 saturated carbocycles. The molecule has 0 radical (unpaired) electrons. The number of carbonyl (C=O) groups excluding carboxylic acids is 4. The van der Waals surface area contributed by atoms with Crippen LogP contribution < -0.4 is 16.0 Å². The van der Waals surface area contributed by atoms with Crippen molar-refractivity contribution in [2.45, 2.75) is 19.9 Å². The summed E-state index contributed by atoms with van der Waals surface area (Å²) in [4.78, 5) is 48.6. The van der Waals surface area contributed by atoms with Crippen LogP contribution in [0.25, 0.3) is 0 Å². The van der Waals surface area contributed by atoms with Gasteiger partial charge in [0, 0.05) is 18.8 Å². The molecule has 0 aromatic heterocycles. The topological polar surface area (TPSA) is 117 Å². The zero-order valence-corrected chi connectivity index (χ0v) is 14.7. The second-order valence-electron chi connectivity index (χ2n) is 6.07. The van der Waals surface area contributed by atoms with Gasteiger partial charge in [0.25, 0.3) is 5.91 Å². The maximum Gasteiger partial charge on any atom is 0.329 e. The SMILES string of the molecule is CC(C)[C@@H](NC(=O)Nc1ccccc1)C(=O)OCC(=O)N1CCNC1=O. The van der Waals surface area contributed by atoms with E-state index in [0.717, 1.165) is 4.90 Å². The number of para-hydroxylation sites is 1. The summed E-state index contributed by atoms with van der Waals surface area (Å²) in [5.41, 5.74) is 0.580. The predicted octanol–water partition coefficient (Wildman–Crippen LogP) is 0.928. The maximum absolute atomic E-state index is 12.2. The summed E-state index contributed by atoms with van der Waals surface area (Å²) in [5.74, 6) is -1.60. The van der Waals surface area contributed by atoms with Gasteiger partial charge in [-0.3, -0.25) is 9.69 Å². The quantitative estimate of drug-likeness (QED) is 0.651. The molecular weight excluding hydrogens is 340 g/mol. The van der Waals surface area contributed by atoms with E-state index in [4.69, 9.17) is 4.74 Å². The minimum Gasteiger partial charge on any atom is -0.454 e. The van der Waals surface area contributed by atoms with Crippen LogP contribution in [-0.2, 0) is 14.3 Å². The molecule has 0 unspecified atom stereocenters. The number of rotatable bonds is 6. The lowest BCUT2D eigenvalue weighted by molar-refractivity contribution is -0.153. The largest absolute Gasteiger partial charge is 0.454 e. The molecule has 3 N–H and O–H groups in total. The van der Waals surface area contributed by atoms with E-state index in [1.54, 1.807) is 38.1 Å². The van der Waals surface area contributed by atoms with Crippen LogP contribution in [0.2, 0.25) is 0 Å². The Morgan fingerprint density at radius 2 is 1.92 bits per heavy atom. The van der Waals surface area contributed by atoms with Crippen LogP contribution >= 0.6 is 0 Å². The molecule has 1 saturated heterocycles. The lowest BCUT2D eigenvalue weighted by atomic mass is 10.1. The molecular formula is C17H22N4O5. The first kappa shape index (κ1) is 19.2. The summed E-state index contributed by atoms with van der Waals surface area (Å²) in [6.07, 6.45) is 0. The number of urea groups is 2. The number of amides is 5. The van der Waals surface area contributed by atoms with E-state index in [1.807, 2.05) is 6.07 Å². The third kappa shape index (κ3) is 5.20. The number of imide groups is 1. The smallest absolute Gasteiger partial charge is 0.329 e. The summed E-state index contributed by atoms with van der Waals surface area (Å²) in [6, 6.07) is 6.77. The van der Waals surface area contributed by atoms with Gasteiger partial charge in [-0.2, -0.15) is 0 Å². The van der Waals surface area contributed by atoms with Crippen LogP contribution in [0.3, 0.4) is 0 Å². The van der Waals surface area contributed by atoms with Crippen molar-refractivity contribution in [3.05, 3.63) is 30.3 Å². The van der Waals surface area contributed by atoms with Gasteiger partial charge in [0.2, 0.25) is 0 Å². The van der Waals surface area contributed by atoms with E-state index < -0.39 is 36.6 Å². The molecule has 1 fully saturated rings. The molecule has 9 heteroatoms. The van der Waals surface area contributed by atoms with E-state index in [0.29, 0.717) is 12.2 Å². The normalized spacial score (nSPS) is 14.6. The second-order valence-corrected chi connectivity index (χ2v) is 6.07. The van der Waals surface area contributed by atoms with Gasteiger partial charge in [0.15, 0.2) is 6.61 Å². The first-order valence-electron chi connectivity index (χ1n) is 8.26. The van der Waals surface area contributed by atoms with E-state index in [1.165, 1.54) is 0 Å². The van der Waals surface area contributed by atoms with Crippen molar-refractivity contribution < 1.29 is 23.9 Å². The highest BCUT2D eigenvalue weighted by molar-refractivity contribution is 5.97. The number of anilines is 1. The average Bonchev–Trinajstić information content (AvgIpc) is 3.04.